The van der Waals surface area contributed by atoms with Gasteiger partial charge in [-0.2, -0.15) is 0 Å². The summed E-state index contributed by atoms with van der Waals surface area (Å²) >= 11 is 0. The number of aromatic carboxylic acids is 1. The molecule has 0 saturated heterocycles. The van der Waals surface area contributed by atoms with Crippen LogP contribution in [0.1, 0.15) is 33.2 Å². The minimum atomic E-state index is -1.19. The number of ether oxygens (including phenoxy) is 1. The largest absolute Gasteiger partial charge is 0.491 e. The third kappa shape index (κ3) is 2.25. The second kappa shape index (κ2) is 5.94. The van der Waals surface area contributed by atoms with E-state index in [1.54, 1.807) is 11.0 Å². The number of rotatable bonds is 3. The number of carboxylic acids is 1. The lowest BCUT2D eigenvalue weighted by Crippen LogP contribution is -2.42. The molecule has 0 fully saturated rings. The summed E-state index contributed by atoms with van der Waals surface area (Å²) in [5, 5.41) is 13.9. The lowest BCUT2D eigenvalue weighted by atomic mass is 9.77. The molecule has 4 heterocycles. The van der Waals surface area contributed by atoms with Crippen molar-refractivity contribution in [1.29, 1.82) is 0 Å². The zero-order valence-electron chi connectivity index (χ0n) is 16.3. The van der Waals surface area contributed by atoms with Crippen molar-refractivity contribution in [1.82, 2.24) is 10.1 Å². The predicted molar refractivity (Wildman–Crippen MR) is 106 cm³/mol. The van der Waals surface area contributed by atoms with Crippen LogP contribution in [-0.4, -0.2) is 33.7 Å². The van der Waals surface area contributed by atoms with Crippen molar-refractivity contribution >= 4 is 28.5 Å². The highest BCUT2D eigenvalue weighted by atomic mass is 16.5. The standard InChI is InChI=1S/C22H15N3O6/c1-11-12-6-14-18(7-17(12)31-24-11)30-10-22(14)13-4-2-3-5-16(13)25(21(22)28)8-19-23-15(9-29-19)20(26)27/h2-7,9H,8,10H2,1H3,(H,26,27). The van der Waals surface area contributed by atoms with E-state index in [4.69, 9.17) is 18.8 Å². The van der Waals surface area contributed by atoms with Crippen molar-refractivity contribution in [2.45, 2.75) is 18.9 Å². The van der Waals surface area contributed by atoms with Crippen molar-refractivity contribution in [2.75, 3.05) is 11.5 Å². The maximum atomic E-state index is 13.9. The second-order valence-corrected chi connectivity index (χ2v) is 7.65. The number of carboxylic acid groups (broad SMARTS) is 1. The molecule has 9 nitrogen and oxygen atoms in total. The number of hydrogen-bond acceptors (Lipinski definition) is 7. The Morgan fingerprint density at radius 2 is 2.10 bits per heavy atom. The molecule has 0 radical (unpaired) electrons. The molecule has 2 aromatic carbocycles. The lowest BCUT2D eigenvalue weighted by Gasteiger charge is -2.22. The topological polar surface area (TPSA) is 119 Å². The molecule has 0 aliphatic carbocycles. The molecule has 1 N–H and O–H groups in total. The van der Waals surface area contributed by atoms with E-state index in [-0.39, 0.29) is 30.6 Å². The molecule has 154 valence electrons. The van der Waals surface area contributed by atoms with E-state index in [0.717, 1.165) is 28.5 Å². The van der Waals surface area contributed by atoms with Gasteiger partial charge in [0.2, 0.25) is 11.8 Å². The minimum Gasteiger partial charge on any atom is -0.491 e. The highest BCUT2D eigenvalue weighted by molar-refractivity contribution is 6.12. The third-order valence-electron chi connectivity index (χ3n) is 5.99. The highest BCUT2D eigenvalue weighted by Gasteiger charge is 2.57. The van der Waals surface area contributed by atoms with Gasteiger partial charge < -0.3 is 23.7 Å². The highest BCUT2D eigenvalue weighted by Crippen LogP contribution is 2.53. The molecule has 2 aliphatic heterocycles. The summed E-state index contributed by atoms with van der Waals surface area (Å²) in [5.41, 5.74) is 2.39. The zero-order valence-corrected chi connectivity index (χ0v) is 16.3. The Labute approximate surface area is 174 Å². The van der Waals surface area contributed by atoms with Crippen LogP contribution in [0, 0.1) is 6.92 Å². The number of fused-ring (bicyclic) bond motifs is 5. The van der Waals surface area contributed by atoms with E-state index in [1.165, 1.54) is 0 Å². The number of aromatic nitrogens is 2. The van der Waals surface area contributed by atoms with Gasteiger partial charge in [0.15, 0.2) is 11.3 Å². The number of amides is 1. The molecule has 1 spiro atoms. The van der Waals surface area contributed by atoms with Gasteiger partial charge in [-0.3, -0.25) is 4.79 Å². The van der Waals surface area contributed by atoms with Gasteiger partial charge in [0, 0.05) is 22.7 Å². The average molecular weight is 417 g/mol. The quantitative estimate of drug-likeness (QED) is 0.540. The molecule has 1 amide bonds. The zero-order chi connectivity index (χ0) is 21.3. The molecule has 2 aliphatic rings. The molecule has 1 unspecified atom stereocenters. The number of carbonyl (C=O) groups is 2. The van der Waals surface area contributed by atoms with Crippen molar-refractivity contribution < 1.29 is 28.4 Å². The number of oxazole rings is 1. The van der Waals surface area contributed by atoms with Gasteiger partial charge in [0.05, 0.1) is 5.69 Å². The Morgan fingerprint density at radius 3 is 2.90 bits per heavy atom. The van der Waals surface area contributed by atoms with E-state index >= 15 is 0 Å². The van der Waals surface area contributed by atoms with Crippen LogP contribution in [0.4, 0.5) is 5.69 Å². The molecule has 2 aromatic heterocycles. The van der Waals surface area contributed by atoms with Gasteiger partial charge in [-0.25, -0.2) is 9.78 Å². The fourth-order valence-electron chi connectivity index (χ4n) is 4.50. The first-order chi connectivity index (χ1) is 15.0. The van der Waals surface area contributed by atoms with E-state index in [2.05, 4.69) is 10.1 Å². The molecular weight excluding hydrogens is 402 g/mol. The molecule has 1 atom stereocenters. The van der Waals surface area contributed by atoms with Gasteiger partial charge in [-0.05, 0) is 24.6 Å². The Bertz CT molecular complexity index is 1400. The maximum Gasteiger partial charge on any atom is 0.357 e. The Morgan fingerprint density at radius 1 is 1.26 bits per heavy atom. The second-order valence-electron chi connectivity index (χ2n) is 7.65. The maximum absolute atomic E-state index is 13.9. The summed E-state index contributed by atoms with van der Waals surface area (Å²) in [5.74, 6) is -0.651. The average Bonchev–Trinajstić information content (AvgIpc) is 3.52. The van der Waals surface area contributed by atoms with Crippen LogP contribution < -0.4 is 9.64 Å². The van der Waals surface area contributed by atoms with E-state index in [0.29, 0.717) is 17.0 Å². The minimum absolute atomic E-state index is 0.00868. The normalized spacial score (nSPS) is 19.1. The molecule has 0 saturated carbocycles. The molecule has 0 bridgehead atoms. The fourth-order valence-corrected chi connectivity index (χ4v) is 4.50. The van der Waals surface area contributed by atoms with Crippen LogP contribution in [0.25, 0.3) is 11.0 Å². The first kappa shape index (κ1) is 17.7. The van der Waals surface area contributed by atoms with Crippen molar-refractivity contribution in [2.24, 2.45) is 0 Å². The lowest BCUT2D eigenvalue weighted by molar-refractivity contribution is -0.122. The molecule has 4 aromatic rings. The van der Waals surface area contributed by atoms with E-state index in [9.17, 15) is 9.59 Å². The molecule has 9 heteroatoms. The van der Waals surface area contributed by atoms with E-state index < -0.39 is 11.4 Å². The Hall–Kier alpha value is -4.14. The smallest absolute Gasteiger partial charge is 0.357 e. The Kier molecular flexibility index (Phi) is 3.39. The molecule has 31 heavy (non-hydrogen) atoms. The number of carbonyl (C=O) groups excluding carboxylic acids is 1. The van der Waals surface area contributed by atoms with Crippen LogP contribution in [0.15, 0.2) is 51.6 Å². The predicted octanol–water partition coefficient (Wildman–Crippen LogP) is 3.05. The number of para-hydroxylation sites is 1. The summed E-state index contributed by atoms with van der Waals surface area (Å²) in [6.07, 6.45) is 1.07. The van der Waals surface area contributed by atoms with Gasteiger partial charge in [0.1, 0.15) is 30.6 Å². The van der Waals surface area contributed by atoms with Crippen LogP contribution in [0.5, 0.6) is 5.75 Å². The monoisotopic (exact) mass is 417 g/mol. The molecular formula is C22H15N3O6. The van der Waals surface area contributed by atoms with Gasteiger partial charge in [-0.1, -0.05) is 23.4 Å². The van der Waals surface area contributed by atoms with Crippen molar-refractivity contribution in [3.8, 4) is 5.75 Å². The van der Waals surface area contributed by atoms with Crippen LogP contribution in [-0.2, 0) is 16.8 Å². The first-order valence-corrected chi connectivity index (χ1v) is 9.61. The summed E-state index contributed by atoms with van der Waals surface area (Å²) < 4.78 is 16.6. The van der Waals surface area contributed by atoms with Crippen molar-refractivity contribution in [3.63, 3.8) is 0 Å². The van der Waals surface area contributed by atoms with Crippen LogP contribution in [0.3, 0.4) is 0 Å². The Balaban J connectivity index is 1.50. The van der Waals surface area contributed by atoms with E-state index in [1.807, 2.05) is 37.3 Å². The van der Waals surface area contributed by atoms with Crippen LogP contribution >= 0.6 is 0 Å². The number of aryl methyl sites for hydroxylation is 1. The summed E-state index contributed by atoms with van der Waals surface area (Å²) in [6, 6.07) is 11.2. The first-order valence-electron chi connectivity index (χ1n) is 9.61. The third-order valence-corrected chi connectivity index (χ3v) is 5.99. The number of benzene rings is 2. The number of hydrogen-bond donors (Lipinski definition) is 1. The van der Waals surface area contributed by atoms with Gasteiger partial charge in [-0.15, -0.1) is 0 Å². The molecule has 6 rings (SSSR count). The van der Waals surface area contributed by atoms with Gasteiger partial charge >= 0.3 is 5.97 Å². The van der Waals surface area contributed by atoms with Crippen LogP contribution in [0.2, 0.25) is 0 Å². The van der Waals surface area contributed by atoms with Gasteiger partial charge in [0.25, 0.3) is 0 Å². The van der Waals surface area contributed by atoms with Crippen molar-refractivity contribution in [3.05, 3.63) is 71.1 Å². The summed E-state index contributed by atoms with van der Waals surface area (Å²) in [6.45, 7) is 2.01. The fraction of sp³-hybridized carbons (Fsp3) is 0.182. The summed E-state index contributed by atoms with van der Waals surface area (Å²) in [4.78, 5) is 30.5. The SMILES string of the molecule is Cc1noc2cc3c(cc12)C1(CO3)C(=O)N(Cc2nc(C(=O)O)co2)c2ccccc21. The summed E-state index contributed by atoms with van der Waals surface area (Å²) in [7, 11) is 0. The number of nitrogens with zero attached hydrogens (tertiary/aromatic N) is 3. The number of anilines is 1.